The minimum Gasteiger partial charge on any atom is -0.462 e. The van der Waals surface area contributed by atoms with Crippen molar-refractivity contribution in [1.82, 2.24) is 9.55 Å². The lowest BCUT2D eigenvalue weighted by atomic mass is 10.1. The van der Waals surface area contributed by atoms with Gasteiger partial charge in [0.15, 0.2) is 0 Å². The molecule has 0 aliphatic carbocycles. The molecule has 0 amide bonds. The molecule has 0 bridgehead atoms. The van der Waals surface area contributed by atoms with Gasteiger partial charge < -0.3 is 4.74 Å². The van der Waals surface area contributed by atoms with Gasteiger partial charge in [-0.1, -0.05) is 18.2 Å². The predicted molar refractivity (Wildman–Crippen MR) is 111 cm³/mol. The van der Waals surface area contributed by atoms with E-state index in [2.05, 4.69) is 6.07 Å². The summed E-state index contributed by atoms with van der Waals surface area (Å²) in [5.74, 6) is 0.0244. The number of nitrogens with zero attached hydrogens (tertiary/aromatic N) is 3. The molecule has 0 fully saturated rings. The Morgan fingerprint density at radius 1 is 1.13 bits per heavy atom. The Kier molecular flexibility index (Phi) is 5.27. The maximum Gasteiger partial charge on any atom is 0.338 e. The Labute approximate surface area is 173 Å². The SMILES string of the molecule is CCOC(=O)c1cccc(-n2c(Cc3ccc(F)cc3)nc3cc(C#N)ccc32)c1. The van der Waals surface area contributed by atoms with Crippen LogP contribution in [0.2, 0.25) is 0 Å². The number of hydrogen-bond acceptors (Lipinski definition) is 4. The molecule has 1 heterocycles. The second kappa shape index (κ2) is 8.18. The van der Waals surface area contributed by atoms with Crippen LogP contribution < -0.4 is 0 Å². The first-order valence-electron chi connectivity index (χ1n) is 9.52. The first-order valence-corrected chi connectivity index (χ1v) is 9.52. The number of benzene rings is 3. The van der Waals surface area contributed by atoms with E-state index < -0.39 is 5.97 Å². The second-order valence-corrected chi connectivity index (χ2v) is 6.75. The highest BCUT2D eigenvalue weighted by atomic mass is 19.1. The topological polar surface area (TPSA) is 67.9 Å². The molecule has 0 atom stereocenters. The molecule has 4 rings (SSSR count). The van der Waals surface area contributed by atoms with Crippen LogP contribution in [0.3, 0.4) is 0 Å². The van der Waals surface area contributed by atoms with Crippen molar-refractivity contribution in [2.45, 2.75) is 13.3 Å². The number of aromatic nitrogens is 2. The predicted octanol–water partition coefficient (Wildman–Crippen LogP) is 4.80. The molecule has 3 aromatic carbocycles. The van der Waals surface area contributed by atoms with Crippen LogP contribution in [0.25, 0.3) is 16.7 Å². The second-order valence-electron chi connectivity index (χ2n) is 6.75. The molecule has 4 aromatic rings. The molecule has 0 saturated carbocycles. The fourth-order valence-corrected chi connectivity index (χ4v) is 3.38. The summed E-state index contributed by atoms with van der Waals surface area (Å²) in [7, 11) is 0. The van der Waals surface area contributed by atoms with E-state index in [-0.39, 0.29) is 5.82 Å². The summed E-state index contributed by atoms with van der Waals surface area (Å²) in [5.41, 5.74) is 4.10. The van der Waals surface area contributed by atoms with Crippen molar-refractivity contribution < 1.29 is 13.9 Å². The van der Waals surface area contributed by atoms with Crippen molar-refractivity contribution in [3.63, 3.8) is 0 Å². The largest absolute Gasteiger partial charge is 0.462 e. The Hall–Kier alpha value is -3.98. The average Bonchev–Trinajstić information content (AvgIpc) is 3.12. The van der Waals surface area contributed by atoms with Crippen LogP contribution in [0.4, 0.5) is 4.39 Å². The number of rotatable bonds is 5. The van der Waals surface area contributed by atoms with E-state index in [0.717, 1.165) is 16.8 Å². The van der Waals surface area contributed by atoms with Crippen LogP contribution in [0.5, 0.6) is 0 Å². The summed E-state index contributed by atoms with van der Waals surface area (Å²) in [5, 5.41) is 9.23. The van der Waals surface area contributed by atoms with Crippen molar-refractivity contribution >= 4 is 17.0 Å². The Morgan fingerprint density at radius 3 is 2.67 bits per heavy atom. The molecule has 1 aromatic heterocycles. The number of ether oxygens (including phenoxy) is 1. The van der Waals surface area contributed by atoms with Crippen molar-refractivity contribution in [1.29, 1.82) is 5.26 Å². The monoisotopic (exact) mass is 399 g/mol. The third kappa shape index (κ3) is 3.78. The zero-order valence-corrected chi connectivity index (χ0v) is 16.3. The van der Waals surface area contributed by atoms with Gasteiger partial charge in [-0.3, -0.25) is 4.57 Å². The lowest BCUT2D eigenvalue weighted by molar-refractivity contribution is 0.0526. The minimum atomic E-state index is -0.393. The Bertz CT molecular complexity index is 1270. The first kappa shape index (κ1) is 19.3. The van der Waals surface area contributed by atoms with E-state index in [1.807, 2.05) is 16.7 Å². The van der Waals surface area contributed by atoms with Gasteiger partial charge in [-0.15, -0.1) is 0 Å². The van der Waals surface area contributed by atoms with Crippen LogP contribution >= 0.6 is 0 Å². The minimum absolute atomic E-state index is 0.295. The first-order chi connectivity index (χ1) is 14.6. The van der Waals surface area contributed by atoms with Gasteiger partial charge in [0, 0.05) is 12.1 Å². The van der Waals surface area contributed by atoms with Crippen molar-refractivity contribution in [2.75, 3.05) is 6.61 Å². The molecule has 0 unspecified atom stereocenters. The number of carbonyl (C=O) groups is 1. The smallest absolute Gasteiger partial charge is 0.338 e. The highest BCUT2D eigenvalue weighted by Gasteiger charge is 2.16. The van der Waals surface area contributed by atoms with E-state index in [4.69, 9.17) is 9.72 Å². The van der Waals surface area contributed by atoms with Crippen LogP contribution in [0, 0.1) is 17.1 Å². The molecule has 0 aliphatic rings. The zero-order valence-electron chi connectivity index (χ0n) is 16.3. The fraction of sp³-hybridized carbons (Fsp3) is 0.125. The van der Waals surface area contributed by atoms with E-state index >= 15 is 0 Å². The number of halogens is 1. The van der Waals surface area contributed by atoms with Gasteiger partial charge in [-0.2, -0.15) is 5.26 Å². The molecular weight excluding hydrogens is 381 g/mol. The van der Waals surface area contributed by atoms with Gasteiger partial charge in [0.25, 0.3) is 0 Å². The maximum absolute atomic E-state index is 13.3. The summed E-state index contributed by atoms with van der Waals surface area (Å²) in [6.07, 6.45) is 0.459. The molecule has 0 aliphatic heterocycles. The summed E-state index contributed by atoms with van der Waals surface area (Å²) >= 11 is 0. The summed E-state index contributed by atoms with van der Waals surface area (Å²) < 4.78 is 20.4. The van der Waals surface area contributed by atoms with Crippen LogP contribution in [0.15, 0.2) is 66.7 Å². The molecular formula is C24H18FN3O2. The van der Waals surface area contributed by atoms with Crippen LogP contribution in [0.1, 0.15) is 34.2 Å². The molecule has 6 heteroatoms. The molecule has 5 nitrogen and oxygen atoms in total. The summed E-state index contributed by atoms with van der Waals surface area (Å²) in [6.45, 7) is 2.06. The number of fused-ring (bicyclic) bond motifs is 1. The van der Waals surface area contributed by atoms with Crippen molar-refractivity contribution in [3.05, 3.63) is 95.1 Å². The highest BCUT2D eigenvalue weighted by Crippen LogP contribution is 2.25. The van der Waals surface area contributed by atoms with Crippen LogP contribution in [-0.2, 0) is 11.2 Å². The van der Waals surface area contributed by atoms with E-state index in [9.17, 15) is 14.4 Å². The third-order valence-electron chi connectivity index (χ3n) is 4.74. The van der Waals surface area contributed by atoms with Crippen molar-refractivity contribution in [2.24, 2.45) is 0 Å². The Morgan fingerprint density at radius 2 is 1.93 bits per heavy atom. The number of nitriles is 1. The fourth-order valence-electron chi connectivity index (χ4n) is 3.38. The summed E-state index contributed by atoms with van der Waals surface area (Å²) in [6, 6.07) is 20.8. The molecule has 0 spiro atoms. The lowest BCUT2D eigenvalue weighted by Gasteiger charge is -2.11. The summed E-state index contributed by atoms with van der Waals surface area (Å²) in [4.78, 5) is 16.9. The van der Waals surface area contributed by atoms with Gasteiger partial charge in [-0.05, 0) is 61.0 Å². The zero-order chi connectivity index (χ0) is 21.1. The number of hydrogen-bond donors (Lipinski definition) is 0. The average molecular weight is 399 g/mol. The standard InChI is InChI=1S/C24H18FN3O2/c1-2-30-24(29)18-4-3-5-20(14-18)28-22-11-8-17(15-26)12-21(22)27-23(28)13-16-6-9-19(25)10-7-16/h3-12,14H,2,13H2,1H3. The van der Waals surface area contributed by atoms with E-state index in [0.29, 0.717) is 35.5 Å². The molecule has 0 radical (unpaired) electrons. The molecule has 148 valence electrons. The van der Waals surface area contributed by atoms with Gasteiger partial charge >= 0.3 is 5.97 Å². The molecule has 0 N–H and O–H groups in total. The van der Waals surface area contributed by atoms with Gasteiger partial charge in [0.2, 0.25) is 0 Å². The van der Waals surface area contributed by atoms with E-state index in [1.54, 1.807) is 49.4 Å². The molecule has 30 heavy (non-hydrogen) atoms. The van der Waals surface area contributed by atoms with E-state index in [1.165, 1.54) is 12.1 Å². The van der Waals surface area contributed by atoms with Gasteiger partial charge in [0.05, 0.1) is 34.8 Å². The normalized spacial score (nSPS) is 10.7. The number of esters is 1. The quantitative estimate of drug-likeness (QED) is 0.452. The lowest BCUT2D eigenvalue weighted by Crippen LogP contribution is -2.07. The highest BCUT2D eigenvalue weighted by molar-refractivity contribution is 5.90. The number of imidazole rings is 1. The third-order valence-corrected chi connectivity index (χ3v) is 4.74. The maximum atomic E-state index is 13.3. The van der Waals surface area contributed by atoms with Gasteiger partial charge in [-0.25, -0.2) is 14.2 Å². The van der Waals surface area contributed by atoms with Crippen LogP contribution in [-0.4, -0.2) is 22.1 Å². The number of carbonyl (C=O) groups excluding carboxylic acids is 1. The van der Waals surface area contributed by atoms with Crippen molar-refractivity contribution in [3.8, 4) is 11.8 Å². The van der Waals surface area contributed by atoms with Gasteiger partial charge in [0.1, 0.15) is 11.6 Å². The Balaban J connectivity index is 1.86. The molecule has 0 saturated heterocycles.